The van der Waals surface area contributed by atoms with Crippen LogP contribution in [-0.4, -0.2) is 66.9 Å². The average Bonchev–Trinajstić information content (AvgIpc) is 2.47. The lowest BCUT2D eigenvalue weighted by molar-refractivity contribution is 0.0279. The zero-order chi connectivity index (χ0) is 14.7. The van der Waals surface area contributed by atoms with Crippen molar-refractivity contribution in [3.05, 3.63) is 17.8 Å². The van der Waals surface area contributed by atoms with Gasteiger partial charge in [-0.25, -0.2) is 0 Å². The summed E-state index contributed by atoms with van der Waals surface area (Å²) in [6.07, 6.45) is 0.0103. The van der Waals surface area contributed by atoms with Crippen molar-refractivity contribution in [2.75, 3.05) is 38.7 Å². The molecule has 2 heterocycles. The number of aromatic nitrogens is 2. The van der Waals surface area contributed by atoms with Crippen LogP contribution >= 0.6 is 0 Å². The summed E-state index contributed by atoms with van der Waals surface area (Å²) in [6.45, 7) is 3.84. The number of rotatable bonds is 3. The standard InChI is InChI=1S/C13H21N5O2/c1-9-8-20-10(6-14)7-18(9)12-5-4-11(15-16-12)13(19)17(2)3/h4-5,9-10H,6-8,14H2,1-3H3. The molecule has 0 aromatic carbocycles. The lowest BCUT2D eigenvalue weighted by Crippen LogP contribution is -2.51. The number of nitrogens with zero attached hydrogens (tertiary/aromatic N) is 4. The van der Waals surface area contributed by atoms with Gasteiger partial charge in [-0.3, -0.25) is 4.79 Å². The van der Waals surface area contributed by atoms with E-state index in [9.17, 15) is 4.79 Å². The molecule has 2 atom stereocenters. The van der Waals surface area contributed by atoms with Crippen LogP contribution in [0.3, 0.4) is 0 Å². The third-order valence-corrected chi connectivity index (χ3v) is 3.34. The molecule has 110 valence electrons. The third-order valence-electron chi connectivity index (χ3n) is 3.34. The molecule has 1 aromatic rings. The van der Waals surface area contributed by atoms with E-state index >= 15 is 0 Å². The first kappa shape index (κ1) is 14.7. The molecule has 1 aliphatic rings. The van der Waals surface area contributed by atoms with Crippen LogP contribution in [0.1, 0.15) is 17.4 Å². The Balaban J connectivity index is 2.14. The van der Waals surface area contributed by atoms with Crippen LogP contribution in [0, 0.1) is 0 Å². The molecule has 0 saturated carbocycles. The SMILES string of the molecule is CC1COC(CN)CN1c1ccc(C(=O)N(C)C)nn1. The smallest absolute Gasteiger partial charge is 0.273 e. The van der Waals surface area contributed by atoms with E-state index in [2.05, 4.69) is 22.0 Å². The first-order valence-corrected chi connectivity index (χ1v) is 6.66. The van der Waals surface area contributed by atoms with E-state index in [4.69, 9.17) is 10.5 Å². The van der Waals surface area contributed by atoms with Gasteiger partial charge in [0.2, 0.25) is 0 Å². The Hall–Kier alpha value is -1.73. The van der Waals surface area contributed by atoms with Gasteiger partial charge in [0.05, 0.1) is 18.8 Å². The number of ether oxygens (including phenoxy) is 1. The van der Waals surface area contributed by atoms with E-state index < -0.39 is 0 Å². The van der Waals surface area contributed by atoms with Gasteiger partial charge in [-0.05, 0) is 19.1 Å². The highest BCUT2D eigenvalue weighted by Crippen LogP contribution is 2.19. The Kier molecular flexibility index (Phi) is 4.51. The van der Waals surface area contributed by atoms with Gasteiger partial charge in [0.25, 0.3) is 5.91 Å². The first-order chi connectivity index (χ1) is 9.52. The maximum atomic E-state index is 11.8. The van der Waals surface area contributed by atoms with Crippen LogP contribution in [0.25, 0.3) is 0 Å². The molecular formula is C13H21N5O2. The van der Waals surface area contributed by atoms with Crippen LogP contribution in [0.2, 0.25) is 0 Å². The monoisotopic (exact) mass is 279 g/mol. The fraction of sp³-hybridized carbons (Fsp3) is 0.615. The highest BCUT2D eigenvalue weighted by Gasteiger charge is 2.26. The summed E-state index contributed by atoms with van der Waals surface area (Å²) in [7, 11) is 3.38. The van der Waals surface area contributed by atoms with Gasteiger partial charge in [0.1, 0.15) is 0 Å². The first-order valence-electron chi connectivity index (χ1n) is 6.66. The molecule has 0 bridgehead atoms. The number of hydrogen-bond donors (Lipinski definition) is 1. The second-order valence-electron chi connectivity index (χ2n) is 5.17. The Morgan fingerprint density at radius 2 is 2.25 bits per heavy atom. The lowest BCUT2D eigenvalue weighted by atomic mass is 10.2. The fourth-order valence-corrected chi connectivity index (χ4v) is 2.10. The van der Waals surface area contributed by atoms with Crippen LogP contribution < -0.4 is 10.6 Å². The van der Waals surface area contributed by atoms with Gasteiger partial charge in [-0.2, -0.15) is 0 Å². The molecular weight excluding hydrogens is 258 g/mol. The van der Waals surface area contributed by atoms with Crippen molar-refractivity contribution in [2.45, 2.75) is 19.1 Å². The van der Waals surface area contributed by atoms with Crippen molar-refractivity contribution in [3.8, 4) is 0 Å². The average molecular weight is 279 g/mol. The molecule has 1 fully saturated rings. The Morgan fingerprint density at radius 3 is 2.80 bits per heavy atom. The van der Waals surface area contributed by atoms with Crippen molar-refractivity contribution in [1.82, 2.24) is 15.1 Å². The van der Waals surface area contributed by atoms with E-state index in [-0.39, 0.29) is 18.1 Å². The zero-order valence-electron chi connectivity index (χ0n) is 12.1. The van der Waals surface area contributed by atoms with Crippen molar-refractivity contribution < 1.29 is 9.53 Å². The molecule has 2 N–H and O–H groups in total. The van der Waals surface area contributed by atoms with Crippen LogP contribution in [-0.2, 0) is 4.74 Å². The predicted molar refractivity (Wildman–Crippen MR) is 75.7 cm³/mol. The van der Waals surface area contributed by atoms with Crippen molar-refractivity contribution in [2.24, 2.45) is 5.73 Å². The minimum absolute atomic E-state index is 0.0103. The topological polar surface area (TPSA) is 84.6 Å². The fourth-order valence-electron chi connectivity index (χ4n) is 2.10. The number of amides is 1. The molecule has 0 radical (unpaired) electrons. The van der Waals surface area contributed by atoms with Crippen molar-refractivity contribution in [3.63, 3.8) is 0 Å². The third kappa shape index (κ3) is 3.05. The van der Waals surface area contributed by atoms with Gasteiger partial charge in [-0.1, -0.05) is 0 Å². The molecule has 1 aromatic heterocycles. The molecule has 2 unspecified atom stereocenters. The number of morpholine rings is 1. The minimum Gasteiger partial charge on any atom is -0.373 e. The Morgan fingerprint density at radius 1 is 1.50 bits per heavy atom. The molecule has 2 rings (SSSR count). The molecule has 1 aliphatic heterocycles. The van der Waals surface area contributed by atoms with Crippen LogP contribution in [0.5, 0.6) is 0 Å². The molecule has 20 heavy (non-hydrogen) atoms. The molecule has 7 nitrogen and oxygen atoms in total. The summed E-state index contributed by atoms with van der Waals surface area (Å²) < 4.78 is 5.61. The normalized spacial score (nSPS) is 22.7. The summed E-state index contributed by atoms with van der Waals surface area (Å²) in [5.74, 6) is 0.591. The number of carbonyl (C=O) groups is 1. The lowest BCUT2D eigenvalue weighted by Gasteiger charge is -2.38. The summed E-state index contributed by atoms with van der Waals surface area (Å²) in [5.41, 5.74) is 5.99. The maximum Gasteiger partial charge on any atom is 0.273 e. The summed E-state index contributed by atoms with van der Waals surface area (Å²) in [4.78, 5) is 15.4. The predicted octanol–water partition coefficient (Wildman–Crippen LogP) is -0.269. The highest BCUT2D eigenvalue weighted by molar-refractivity contribution is 5.91. The van der Waals surface area contributed by atoms with Gasteiger partial charge in [0, 0.05) is 27.2 Å². The van der Waals surface area contributed by atoms with Crippen molar-refractivity contribution >= 4 is 11.7 Å². The number of anilines is 1. The minimum atomic E-state index is -0.154. The Labute approximate surface area is 118 Å². The summed E-state index contributed by atoms with van der Waals surface area (Å²) in [5, 5.41) is 8.16. The van der Waals surface area contributed by atoms with E-state index in [1.54, 1.807) is 20.2 Å². The summed E-state index contributed by atoms with van der Waals surface area (Å²) >= 11 is 0. The van der Waals surface area contributed by atoms with Crippen molar-refractivity contribution in [1.29, 1.82) is 0 Å². The largest absolute Gasteiger partial charge is 0.373 e. The molecule has 0 spiro atoms. The van der Waals surface area contributed by atoms with E-state index in [0.717, 1.165) is 5.82 Å². The molecule has 1 amide bonds. The van der Waals surface area contributed by atoms with Gasteiger partial charge in [0.15, 0.2) is 11.5 Å². The number of nitrogens with two attached hydrogens (primary N) is 1. The second-order valence-corrected chi connectivity index (χ2v) is 5.17. The zero-order valence-corrected chi connectivity index (χ0v) is 12.1. The maximum absolute atomic E-state index is 11.8. The number of hydrogen-bond acceptors (Lipinski definition) is 6. The molecule has 0 aliphatic carbocycles. The van der Waals surface area contributed by atoms with Crippen LogP contribution in [0.15, 0.2) is 12.1 Å². The van der Waals surface area contributed by atoms with E-state index in [1.807, 2.05) is 6.07 Å². The van der Waals surface area contributed by atoms with Crippen LogP contribution in [0.4, 0.5) is 5.82 Å². The van der Waals surface area contributed by atoms with E-state index in [0.29, 0.717) is 25.4 Å². The quantitative estimate of drug-likeness (QED) is 0.820. The molecule has 7 heteroatoms. The number of carbonyl (C=O) groups excluding carboxylic acids is 1. The Bertz CT molecular complexity index is 462. The van der Waals surface area contributed by atoms with Gasteiger partial charge < -0.3 is 20.3 Å². The highest BCUT2D eigenvalue weighted by atomic mass is 16.5. The summed E-state index contributed by atoms with van der Waals surface area (Å²) in [6, 6.07) is 3.73. The van der Waals surface area contributed by atoms with Gasteiger partial charge in [-0.15, -0.1) is 10.2 Å². The molecule has 1 saturated heterocycles. The van der Waals surface area contributed by atoms with Gasteiger partial charge >= 0.3 is 0 Å². The van der Waals surface area contributed by atoms with E-state index in [1.165, 1.54) is 4.90 Å². The second kappa shape index (κ2) is 6.15.